The van der Waals surface area contributed by atoms with Gasteiger partial charge in [0.05, 0.1) is 43.1 Å². The first-order valence-corrected chi connectivity index (χ1v) is 22.8. The minimum absolute atomic E-state index is 0.0145. The summed E-state index contributed by atoms with van der Waals surface area (Å²) in [5.41, 5.74) is 2.62. The van der Waals surface area contributed by atoms with E-state index in [1.807, 2.05) is 0 Å². The summed E-state index contributed by atoms with van der Waals surface area (Å²) >= 11 is 0. The molecular weight excluding hydrogens is 896 g/mol. The second kappa shape index (κ2) is 22.9. The first-order chi connectivity index (χ1) is 33.5. The molecule has 7 rings (SSSR count). The van der Waals surface area contributed by atoms with E-state index in [2.05, 4.69) is 23.1 Å². The Bertz CT molecular complexity index is 2520. The molecule has 0 saturated heterocycles. The van der Waals surface area contributed by atoms with Gasteiger partial charge in [0.25, 0.3) is 5.69 Å². The summed E-state index contributed by atoms with van der Waals surface area (Å²) in [4.78, 5) is 46.4. The van der Waals surface area contributed by atoms with Gasteiger partial charge in [0.15, 0.2) is 0 Å². The Morgan fingerprint density at radius 2 is 1.64 bits per heavy atom. The number of nitrogens with one attached hydrogen (secondary N) is 1. The quantitative estimate of drug-likeness (QED) is 0.0308. The number of amides is 2. The number of oxime groups is 1. The first kappa shape index (κ1) is 49.9. The van der Waals surface area contributed by atoms with Gasteiger partial charge in [-0.05, 0) is 103 Å². The molecule has 366 valence electrons. The standard InChI is InChI=1S/C51H57FN4O13/c1-5-26-66-51-46(55(31-32-12-14-34(52)15-13-32)50(60)68-36-18-16-35(17-19-36)56(61)62)30-43(54-65-4)40-27-33(10-6-8-24-57)39(11-7-9-25-58)47(48(40)51)41-28-38(21-23-44(41)69-51)67-49(59)53-42-22-20-37(63-2)29-45(42)64-3/h5,12-23,27-29,33,39,46-48,57-58H,1,6-11,24-26,30-31H2,2-4H3,(H,53,59). The van der Waals surface area contributed by atoms with E-state index in [0.29, 0.717) is 78.3 Å². The summed E-state index contributed by atoms with van der Waals surface area (Å²) in [5.74, 6) is -2.17. The number of unbranched alkanes of at least 4 members (excludes halogenated alkanes) is 2. The van der Waals surface area contributed by atoms with Crippen LogP contribution in [-0.4, -0.2) is 90.9 Å². The van der Waals surface area contributed by atoms with Crippen LogP contribution in [0.3, 0.4) is 0 Å². The molecule has 1 saturated carbocycles. The number of hydrogen-bond acceptors (Lipinski definition) is 14. The number of allylic oxidation sites excluding steroid dienone is 1. The van der Waals surface area contributed by atoms with Crippen molar-refractivity contribution in [1.29, 1.82) is 0 Å². The van der Waals surface area contributed by atoms with Gasteiger partial charge in [-0.15, -0.1) is 6.58 Å². The van der Waals surface area contributed by atoms with Crippen molar-refractivity contribution in [1.82, 2.24) is 4.90 Å². The van der Waals surface area contributed by atoms with Crippen LogP contribution < -0.4 is 29.0 Å². The molecule has 3 N–H and O–H groups in total. The fourth-order valence-corrected chi connectivity index (χ4v) is 9.85. The lowest BCUT2D eigenvalue weighted by Crippen LogP contribution is -2.70. The van der Waals surface area contributed by atoms with Crippen molar-refractivity contribution in [3.05, 3.63) is 136 Å². The molecule has 0 radical (unpaired) electrons. The summed E-state index contributed by atoms with van der Waals surface area (Å²) in [5, 5.41) is 38.7. The number of nitrogens with zero attached hydrogens (tertiary/aromatic N) is 3. The number of fused-ring (bicyclic) bond motifs is 2. The van der Waals surface area contributed by atoms with E-state index >= 15 is 0 Å². The number of carbonyl (C=O) groups is 2. The average Bonchev–Trinajstić information content (AvgIpc) is 3.35. The number of carbonyl (C=O) groups excluding carboxylic acids is 2. The fourth-order valence-electron chi connectivity index (χ4n) is 9.85. The van der Waals surface area contributed by atoms with Crippen LogP contribution in [-0.2, 0) is 16.1 Å². The molecule has 1 heterocycles. The first-order valence-electron chi connectivity index (χ1n) is 22.8. The molecule has 17 nitrogen and oxygen atoms in total. The Kier molecular flexibility index (Phi) is 16.5. The van der Waals surface area contributed by atoms with Gasteiger partial charge in [-0.25, -0.2) is 14.0 Å². The number of aliphatic hydroxyl groups is 2. The maximum Gasteiger partial charge on any atom is 0.417 e. The largest absolute Gasteiger partial charge is 0.497 e. The highest BCUT2D eigenvalue weighted by Crippen LogP contribution is 2.62. The van der Waals surface area contributed by atoms with Gasteiger partial charge in [0.2, 0.25) is 5.79 Å². The van der Waals surface area contributed by atoms with Crippen LogP contribution in [0, 0.1) is 33.7 Å². The molecular formula is C51H57FN4O13. The maximum atomic E-state index is 14.9. The van der Waals surface area contributed by atoms with Crippen molar-refractivity contribution in [2.24, 2.45) is 22.9 Å². The number of nitro groups is 1. The highest BCUT2D eigenvalue weighted by Gasteiger charge is 2.65. The van der Waals surface area contributed by atoms with E-state index < -0.39 is 46.6 Å². The van der Waals surface area contributed by atoms with E-state index in [4.69, 9.17) is 33.3 Å². The van der Waals surface area contributed by atoms with Crippen LogP contribution in [0.25, 0.3) is 0 Å². The molecule has 4 aromatic rings. The predicted octanol–water partition coefficient (Wildman–Crippen LogP) is 9.33. The van der Waals surface area contributed by atoms with E-state index in [1.165, 1.54) is 62.6 Å². The molecule has 4 aromatic carbocycles. The summed E-state index contributed by atoms with van der Waals surface area (Å²) < 4.78 is 51.3. The van der Waals surface area contributed by atoms with Gasteiger partial charge in [-0.1, -0.05) is 42.3 Å². The Morgan fingerprint density at radius 1 is 0.928 bits per heavy atom. The minimum atomic E-state index is -1.71. The van der Waals surface area contributed by atoms with Crippen LogP contribution in [0.5, 0.6) is 28.7 Å². The van der Waals surface area contributed by atoms with Crippen molar-refractivity contribution in [3.63, 3.8) is 0 Å². The van der Waals surface area contributed by atoms with Crippen molar-refractivity contribution < 1.29 is 62.4 Å². The molecule has 6 atom stereocenters. The van der Waals surface area contributed by atoms with Crippen molar-refractivity contribution in [3.8, 4) is 28.7 Å². The Balaban J connectivity index is 1.40. The zero-order valence-electron chi connectivity index (χ0n) is 38.7. The number of hydrogen-bond donors (Lipinski definition) is 3. The monoisotopic (exact) mass is 952 g/mol. The second-order valence-corrected chi connectivity index (χ2v) is 16.9. The van der Waals surface area contributed by atoms with Gasteiger partial charge in [0.1, 0.15) is 47.7 Å². The lowest BCUT2D eigenvalue weighted by atomic mass is 9.55. The van der Waals surface area contributed by atoms with E-state index in [1.54, 1.807) is 54.6 Å². The molecule has 0 aromatic heterocycles. The number of methoxy groups -OCH3 is 2. The molecule has 2 amide bonds. The zero-order valence-corrected chi connectivity index (χ0v) is 38.7. The normalized spacial score (nSPS) is 21.6. The maximum absolute atomic E-state index is 14.9. The van der Waals surface area contributed by atoms with Crippen LogP contribution in [0.2, 0.25) is 0 Å². The molecule has 1 aliphatic heterocycles. The third kappa shape index (κ3) is 11.1. The molecule has 0 bridgehead atoms. The predicted molar refractivity (Wildman–Crippen MR) is 252 cm³/mol. The van der Waals surface area contributed by atoms with Crippen molar-refractivity contribution in [2.45, 2.75) is 69.2 Å². The summed E-state index contributed by atoms with van der Waals surface area (Å²) in [6.45, 7) is 3.80. The van der Waals surface area contributed by atoms with Gasteiger partial charge in [-0.3, -0.25) is 20.3 Å². The van der Waals surface area contributed by atoms with Crippen LogP contribution >= 0.6 is 0 Å². The Hall–Kier alpha value is -7.02. The molecule has 3 aliphatic rings. The number of ether oxygens (including phenoxy) is 6. The summed E-state index contributed by atoms with van der Waals surface area (Å²) in [6, 6.07) is 19.7. The van der Waals surface area contributed by atoms with Gasteiger partial charge in [-0.2, -0.15) is 0 Å². The SMILES string of the molecule is C=CCOC12Oc3ccc(OC(=O)Nc4ccc(OC)cc4OC)cc3C3C(CCCCO)C(CCCCO)C=C(C(=NOC)CC1N(Cc1ccc(F)cc1)C(=O)Oc1ccc([N+](=O)[O-])cc1)C32. The van der Waals surface area contributed by atoms with E-state index in [-0.39, 0.29) is 61.8 Å². The van der Waals surface area contributed by atoms with Crippen molar-refractivity contribution in [2.75, 3.05) is 46.5 Å². The Morgan fingerprint density at radius 3 is 2.30 bits per heavy atom. The van der Waals surface area contributed by atoms with Gasteiger partial charge < -0.3 is 43.5 Å². The van der Waals surface area contributed by atoms with Crippen LogP contribution in [0.4, 0.5) is 25.4 Å². The van der Waals surface area contributed by atoms with Crippen molar-refractivity contribution >= 4 is 29.3 Å². The van der Waals surface area contributed by atoms with Crippen LogP contribution in [0.1, 0.15) is 62.0 Å². The molecule has 6 unspecified atom stereocenters. The summed E-state index contributed by atoms with van der Waals surface area (Å²) in [6.07, 6.45) is 5.91. The number of rotatable bonds is 21. The number of aliphatic hydroxyl groups excluding tert-OH is 2. The van der Waals surface area contributed by atoms with E-state index in [0.717, 1.165) is 5.57 Å². The number of halogens is 1. The van der Waals surface area contributed by atoms with Gasteiger partial charge >= 0.3 is 12.2 Å². The number of nitro benzene ring substituents is 1. The highest BCUT2D eigenvalue weighted by molar-refractivity contribution is 6.03. The number of non-ortho nitro benzene ring substituents is 1. The third-order valence-electron chi connectivity index (χ3n) is 12.8. The lowest BCUT2D eigenvalue weighted by Gasteiger charge is -2.59. The highest BCUT2D eigenvalue weighted by atomic mass is 19.1. The molecule has 0 spiro atoms. The molecule has 18 heteroatoms. The fraction of sp³-hybridized carbons (Fsp3) is 0.392. The lowest BCUT2D eigenvalue weighted by molar-refractivity contribution is -0.384. The van der Waals surface area contributed by atoms with Gasteiger partial charge in [0, 0.05) is 55.9 Å². The molecule has 1 fully saturated rings. The van der Waals surface area contributed by atoms with E-state index in [9.17, 15) is 34.3 Å². The Labute approximate surface area is 399 Å². The minimum Gasteiger partial charge on any atom is -0.497 e. The zero-order chi connectivity index (χ0) is 49.1. The second-order valence-electron chi connectivity index (χ2n) is 16.9. The molecule has 69 heavy (non-hydrogen) atoms. The topological polar surface area (TPSA) is 210 Å². The number of benzene rings is 4. The smallest absolute Gasteiger partial charge is 0.417 e. The van der Waals surface area contributed by atoms with Crippen LogP contribution in [0.15, 0.2) is 114 Å². The third-order valence-corrected chi connectivity index (χ3v) is 12.8. The summed E-state index contributed by atoms with van der Waals surface area (Å²) in [7, 11) is 4.42. The average molecular weight is 953 g/mol. The molecule has 2 aliphatic carbocycles. The number of anilines is 1.